The molecule has 0 radical (unpaired) electrons. The molecule has 1 aliphatic heterocycles. The number of urea groups is 1. The molecule has 5 heteroatoms. The molecule has 0 saturated carbocycles. The van der Waals surface area contributed by atoms with Crippen molar-refractivity contribution in [2.75, 3.05) is 13.7 Å². The van der Waals surface area contributed by atoms with Crippen LogP contribution in [0.1, 0.15) is 28.3 Å². The Morgan fingerprint density at radius 2 is 1.96 bits per heavy atom. The summed E-state index contributed by atoms with van der Waals surface area (Å²) in [6, 6.07) is 9.88. The first-order valence-electron chi connectivity index (χ1n) is 7.94. The van der Waals surface area contributed by atoms with Crippen molar-refractivity contribution in [2.45, 2.75) is 26.4 Å². The minimum atomic E-state index is -0.281. The number of ether oxygens (including phenoxy) is 1. The van der Waals surface area contributed by atoms with Crippen LogP contribution in [0.3, 0.4) is 0 Å². The second kappa shape index (κ2) is 6.51. The van der Waals surface area contributed by atoms with Crippen LogP contribution in [0.5, 0.6) is 5.75 Å². The molecule has 2 aromatic carbocycles. The van der Waals surface area contributed by atoms with Gasteiger partial charge in [-0.15, -0.1) is 0 Å². The lowest BCUT2D eigenvalue weighted by Gasteiger charge is -2.21. The Labute approximate surface area is 141 Å². The zero-order chi connectivity index (χ0) is 17.3. The summed E-state index contributed by atoms with van der Waals surface area (Å²) in [5, 5.41) is 3.00. The summed E-state index contributed by atoms with van der Waals surface area (Å²) in [6.07, 6.45) is 0. The number of benzene rings is 2. The molecule has 1 heterocycles. The van der Waals surface area contributed by atoms with Crippen LogP contribution in [0, 0.1) is 19.7 Å². The van der Waals surface area contributed by atoms with Crippen LogP contribution in [0.4, 0.5) is 9.18 Å². The van der Waals surface area contributed by atoms with E-state index in [1.165, 1.54) is 17.7 Å². The van der Waals surface area contributed by atoms with E-state index in [-0.39, 0.29) is 17.9 Å². The number of halogens is 1. The molecule has 0 saturated heterocycles. The van der Waals surface area contributed by atoms with Gasteiger partial charge >= 0.3 is 6.03 Å². The van der Waals surface area contributed by atoms with Crippen molar-refractivity contribution in [2.24, 2.45) is 0 Å². The number of aryl methyl sites for hydroxylation is 1. The smallest absolute Gasteiger partial charge is 0.318 e. The van der Waals surface area contributed by atoms with Gasteiger partial charge in [-0.05, 0) is 42.7 Å². The van der Waals surface area contributed by atoms with Gasteiger partial charge in [0, 0.05) is 19.2 Å². The number of hydrogen-bond acceptors (Lipinski definition) is 2. The predicted molar refractivity (Wildman–Crippen MR) is 90.6 cm³/mol. The Morgan fingerprint density at radius 1 is 1.25 bits per heavy atom. The van der Waals surface area contributed by atoms with Gasteiger partial charge in [-0.3, -0.25) is 0 Å². The highest BCUT2D eigenvalue weighted by atomic mass is 19.1. The number of hydrogen-bond donors (Lipinski definition) is 1. The largest absolute Gasteiger partial charge is 0.490 e. The van der Waals surface area contributed by atoms with E-state index in [2.05, 4.69) is 5.32 Å². The summed E-state index contributed by atoms with van der Waals surface area (Å²) in [6.45, 7) is 4.93. The zero-order valence-electron chi connectivity index (χ0n) is 14.1. The SMILES string of the molecule is Cc1ccc2c(c1C)OCC2NC(=O)N(C)Cc1ccc(F)cc1. The first-order chi connectivity index (χ1) is 11.5. The molecule has 1 unspecified atom stereocenters. The lowest BCUT2D eigenvalue weighted by molar-refractivity contribution is 0.199. The third-order valence-electron chi connectivity index (χ3n) is 4.45. The van der Waals surface area contributed by atoms with E-state index in [4.69, 9.17) is 4.74 Å². The van der Waals surface area contributed by atoms with Gasteiger partial charge in [0.15, 0.2) is 0 Å². The molecular formula is C19H21FN2O2. The molecule has 126 valence electrons. The predicted octanol–water partition coefficient (Wildman–Crippen LogP) is 3.72. The number of carbonyl (C=O) groups excluding carboxylic acids is 1. The fraction of sp³-hybridized carbons (Fsp3) is 0.316. The first kappa shape index (κ1) is 16.3. The highest BCUT2D eigenvalue weighted by molar-refractivity contribution is 5.75. The topological polar surface area (TPSA) is 41.6 Å². The van der Waals surface area contributed by atoms with E-state index in [1.807, 2.05) is 26.0 Å². The first-order valence-corrected chi connectivity index (χ1v) is 7.94. The van der Waals surface area contributed by atoms with Crippen LogP contribution < -0.4 is 10.1 Å². The van der Waals surface area contributed by atoms with Gasteiger partial charge in [0.1, 0.15) is 18.2 Å². The average Bonchev–Trinajstić information content (AvgIpc) is 2.96. The maximum atomic E-state index is 12.9. The summed E-state index contributed by atoms with van der Waals surface area (Å²) < 4.78 is 18.7. The van der Waals surface area contributed by atoms with Gasteiger partial charge in [-0.25, -0.2) is 9.18 Å². The van der Waals surface area contributed by atoms with E-state index in [9.17, 15) is 9.18 Å². The molecule has 0 fully saturated rings. The second-order valence-corrected chi connectivity index (χ2v) is 6.22. The standard InChI is InChI=1S/C19H21FN2O2/c1-12-4-9-16-17(11-24-18(16)13(12)2)21-19(23)22(3)10-14-5-7-15(20)8-6-14/h4-9,17H,10-11H2,1-3H3,(H,21,23). The number of fused-ring (bicyclic) bond motifs is 1. The molecular weight excluding hydrogens is 307 g/mol. The molecule has 0 aromatic heterocycles. The molecule has 3 rings (SSSR count). The Hall–Kier alpha value is -2.56. The molecule has 1 N–H and O–H groups in total. The van der Waals surface area contributed by atoms with Crippen molar-refractivity contribution in [1.29, 1.82) is 0 Å². The molecule has 24 heavy (non-hydrogen) atoms. The number of nitrogens with one attached hydrogen (secondary N) is 1. The Balaban J connectivity index is 1.66. The van der Waals surface area contributed by atoms with E-state index in [0.717, 1.165) is 22.4 Å². The quantitative estimate of drug-likeness (QED) is 0.933. The summed E-state index contributed by atoms with van der Waals surface area (Å²) in [5.41, 5.74) is 4.18. The Bertz CT molecular complexity index is 759. The van der Waals surface area contributed by atoms with E-state index in [1.54, 1.807) is 24.1 Å². The Morgan fingerprint density at radius 3 is 2.67 bits per heavy atom. The van der Waals surface area contributed by atoms with Gasteiger partial charge < -0.3 is 15.0 Å². The van der Waals surface area contributed by atoms with Gasteiger partial charge in [-0.2, -0.15) is 0 Å². The third-order valence-corrected chi connectivity index (χ3v) is 4.45. The molecule has 1 atom stereocenters. The van der Waals surface area contributed by atoms with Crippen molar-refractivity contribution in [3.63, 3.8) is 0 Å². The maximum absolute atomic E-state index is 12.9. The van der Waals surface area contributed by atoms with Gasteiger partial charge in [0.25, 0.3) is 0 Å². The van der Waals surface area contributed by atoms with Crippen LogP contribution in [0.25, 0.3) is 0 Å². The van der Waals surface area contributed by atoms with Gasteiger partial charge in [0.2, 0.25) is 0 Å². The summed E-state index contributed by atoms with van der Waals surface area (Å²) in [7, 11) is 1.72. The lowest BCUT2D eigenvalue weighted by Crippen LogP contribution is -2.39. The van der Waals surface area contributed by atoms with Crippen LogP contribution >= 0.6 is 0 Å². The molecule has 2 aromatic rings. The average molecular weight is 328 g/mol. The molecule has 0 spiro atoms. The van der Waals surface area contributed by atoms with Gasteiger partial charge in [-0.1, -0.05) is 24.3 Å². The van der Waals surface area contributed by atoms with Crippen molar-refractivity contribution >= 4 is 6.03 Å². The zero-order valence-corrected chi connectivity index (χ0v) is 14.1. The third kappa shape index (κ3) is 3.20. The van der Waals surface area contributed by atoms with E-state index < -0.39 is 0 Å². The van der Waals surface area contributed by atoms with Crippen LogP contribution in [-0.2, 0) is 6.54 Å². The maximum Gasteiger partial charge on any atom is 0.318 e. The van der Waals surface area contributed by atoms with E-state index >= 15 is 0 Å². The molecule has 4 nitrogen and oxygen atoms in total. The summed E-state index contributed by atoms with van der Waals surface area (Å²) in [5.74, 6) is 0.595. The second-order valence-electron chi connectivity index (χ2n) is 6.22. The Kier molecular flexibility index (Phi) is 4.42. The van der Waals surface area contributed by atoms with Crippen molar-refractivity contribution in [1.82, 2.24) is 10.2 Å². The van der Waals surface area contributed by atoms with Crippen molar-refractivity contribution in [3.8, 4) is 5.75 Å². The number of nitrogens with zero attached hydrogens (tertiary/aromatic N) is 1. The lowest BCUT2D eigenvalue weighted by atomic mass is 10.0. The van der Waals surface area contributed by atoms with Crippen LogP contribution in [0.15, 0.2) is 36.4 Å². The van der Waals surface area contributed by atoms with Gasteiger partial charge in [0.05, 0.1) is 6.04 Å². The summed E-state index contributed by atoms with van der Waals surface area (Å²) >= 11 is 0. The molecule has 1 aliphatic rings. The summed E-state index contributed by atoms with van der Waals surface area (Å²) in [4.78, 5) is 14.0. The van der Waals surface area contributed by atoms with Crippen molar-refractivity contribution in [3.05, 3.63) is 64.5 Å². The van der Waals surface area contributed by atoms with E-state index in [0.29, 0.717) is 13.2 Å². The normalized spacial score (nSPS) is 15.6. The number of carbonyl (C=O) groups is 1. The fourth-order valence-electron chi connectivity index (χ4n) is 2.85. The minimum absolute atomic E-state index is 0.150. The molecule has 0 aliphatic carbocycles. The van der Waals surface area contributed by atoms with Crippen LogP contribution in [-0.4, -0.2) is 24.6 Å². The minimum Gasteiger partial charge on any atom is -0.490 e. The highest BCUT2D eigenvalue weighted by Gasteiger charge is 2.28. The highest BCUT2D eigenvalue weighted by Crippen LogP contribution is 2.36. The van der Waals surface area contributed by atoms with Crippen molar-refractivity contribution < 1.29 is 13.9 Å². The van der Waals surface area contributed by atoms with Crippen LogP contribution in [0.2, 0.25) is 0 Å². The molecule has 2 amide bonds. The monoisotopic (exact) mass is 328 g/mol. The number of rotatable bonds is 3. The number of amides is 2. The molecule has 0 bridgehead atoms. The fourth-order valence-corrected chi connectivity index (χ4v) is 2.85.